The molecule has 1 aromatic carbocycles. The Kier molecular flexibility index (Phi) is 7.44. The molecule has 2 rings (SSSR count). The summed E-state index contributed by atoms with van der Waals surface area (Å²) in [5.41, 5.74) is 1.20. The average Bonchev–Trinajstić information content (AvgIpc) is 2.35. The molecule has 0 fully saturated rings. The lowest BCUT2D eigenvalue weighted by Gasteiger charge is -2.23. The van der Waals surface area contributed by atoms with Gasteiger partial charge in [-0.15, -0.1) is 0 Å². The largest absolute Gasteiger partial charge is 0.486 e. The number of ether oxygens (including phenoxy) is 2. The molecule has 0 amide bonds. The van der Waals surface area contributed by atoms with Crippen molar-refractivity contribution >= 4 is 0 Å². The van der Waals surface area contributed by atoms with Crippen LogP contribution in [0.1, 0.15) is 40.2 Å². The van der Waals surface area contributed by atoms with Gasteiger partial charge in [-0.25, -0.2) is 0 Å². The molecule has 2 heteroatoms. The van der Waals surface area contributed by atoms with E-state index in [0.717, 1.165) is 11.5 Å². The van der Waals surface area contributed by atoms with E-state index in [9.17, 15) is 0 Å². The lowest BCUT2D eigenvalue weighted by Crippen LogP contribution is -2.25. The summed E-state index contributed by atoms with van der Waals surface area (Å²) in [6, 6.07) is 5.99. The quantitative estimate of drug-likeness (QED) is 0.657. The molecule has 1 aliphatic heterocycles. The maximum Gasteiger partial charge on any atom is 0.161 e. The van der Waals surface area contributed by atoms with E-state index in [1.54, 1.807) is 0 Å². The van der Waals surface area contributed by atoms with E-state index in [0.29, 0.717) is 6.61 Å². The summed E-state index contributed by atoms with van der Waals surface area (Å²) < 4.78 is 11.1. The normalized spacial score (nSPS) is 16.2. The van der Waals surface area contributed by atoms with E-state index in [-0.39, 0.29) is 6.10 Å². The molecule has 0 saturated heterocycles. The zero-order valence-corrected chi connectivity index (χ0v) is 11.3. The third-order valence-corrected chi connectivity index (χ3v) is 1.90. The van der Waals surface area contributed by atoms with Crippen LogP contribution in [0.15, 0.2) is 18.2 Å². The molecule has 0 saturated carbocycles. The van der Waals surface area contributed by atoms with Gasteiger partial charge >= 0.3 is 0 Å². The van der Waals surface area contributed by atoms with Gasteiger partial charge in [0.25, 0.3) is 0 Å². The van der Waals surface area contributed by atoms with Crippen LogP contribution in [-0.2, 0) is 0 Å². The van der Waals surface area contributed by atoms with Crippen LogP contribution in [0, 0.1) is 6.92 Å². The number of aryl methyl sites for hydroxylation is 1. The van der Waals surface area contributed by atoms with Crippen molar-refractivity contribution in [1.82, 2.24) is 0 Å². The van der Waals surface area contributed by atoms with E-state index in [1.165, 1.54) is 5.56 Å². The first-order chi connectivity index (χ1) is 7.75. The van der Waals surface area contributed by atoms with Crippen LogP contribution in [0.3, 0.4) is 0 Å². The van der Waals surface area contributed by atoms with Crippen LogP contribution in [0.5, 0.6) is 11.5 Å². The van der Waals surface area contributed by atoms with Crippen LogP contribution >= 0.6 is 0 Å². The lowest BCUT2D eigenvalue weighted by molar-refractivity contribution is 0.104. The van der Waals surface area contributed by atoms with Crippen molar-refractivity contribution in [3.8, 4) is 11.5 Å². The Hall–Kier alpha value is -1.18. The van der Waals surface area contributed by atoms with Gasteiger partial charge in [0.05, 0.1) is 0 Å². The second kappa shape index (κ2) is 8.03. The molecule has 2 nitrogen and oxygen atoms in total. The van der Waals surface area contributed by atoms with Gasteiger partial charge in [0.2, 0.25) is 0 Å². The second-order valence-electron chi connectivity index (χ2n) is 3.19. The van der Waals surface area contributed by atoms with Crippen molar-refractivity contribution in [3.05, 3.63) is 23.8 Å². The summed E-state index contributed by atoms with van der Waals surface area (Å²) in [6.45, 7) is 12.7. The molecular weight excluding hydrogens is 200 g/mol. The maximum atomic E-state index is 5.56. The molecule has 1 atom stereocenters. The van der Waals surface area contributed by atoms with Crippen molar-refractivity contribution in [2.24, 2.45) is 0 Å². The fourth-order valence-electron chi connectivity index (χ4n) is 1.28. The van der Waals surface area contributed by atoms with Gasteiger partial charge in [0, 0.05) is 0 Å². The zero-order valence-electron chi connectivity index (χ0n) is 11.3. The van der Waals surface area contributed by atoms with Crippen LogP contribution in [0.2, 0.25) is 0 Å². The number of hydrogen-bond donors (Lipinski definition) is 0. The molecule has 0 aromatic heterocycles. The molecule has 1 aliphatic rings. The van der Waals surface area contributed by atoms with Crippen molar-refractivity contribution in [2.45, 2.75) is 47.6 Å². The van der Waals surface area contributed by atoms with E-state index in [4.69, 9.17) is 9.47 Å². The summed E-state index contributed by atoms with van der Waals surface area (Å²) in [6.07, 6.45) is 0.167. The third kappa shape index (κ3) is 4.13. The van der Waals surface area contributed by atoms with E-state index in [1.807, 2.05) is 59.7 Å². The molecule has 0 spiro atoms. The molecule has 1 heterocycles. The molecule has 1 aromatic rings. The van der Waals surface area contributed by atoms with Gasteiger partial charge in [-0.05, 0) is 31.5 Å². The molecule has 0 radical (unpaired) electrons. The van der Waals surface area contributed by atoms with Gasteiger partial charge in [0.15, 0.2) is 11.5 Å². The van der Waals surface area contributed by atoms with Gasteiger partial charge in [-0.1, -0.05) is 33.8 Å². The van der Waals surface area contributed by atoms with Crippen molar-refractivity contribution < 1.29 is 9.47 Å². The maximum absolute atomic E-state index is 5.56. The topological polar surface area (TPSA) is 18.5 Å². The first-order valence-corrected chi connectivity index (χ1v) is 6.16. The number of rotatable bonds is 0. The average molecular weight is 224 g/mol. The lowest BCUT2D eigenvalue weighted by atomic mass is 10.2. The highest BCUT2D eigenvalue weighted by Crippen LogP contribution is 2.31. The van der Waals surface area contributed by atoms with Crippen LogP contribution in [0.25, 0.3) is 0 Å². The third-order valence-electron chi connectivity index (χ3n) is 1.90. The van der Waals surface area contributed by atoms with Crippen molar-refractivity contribution in [3.63, 3.8) is 0 Å². The number of benzene rings is 1. The Balaban J connectivity index is 0.000000509. The predicted octanol–water partition coefficient (Wildman–Crippen LogP) is 4.21. The number of fused-ring (bicyclic) bond motifs is 1. The Morgan fingerprint density at radius 1 is 1.06 bits per heavy atom. The monoisotopic (exact) mass is 224 g/mol. The van der Waals surface area contributed by atoms with Gasteiger partial charge in [0.1, 0.15) is 12.7 Å². The fourth-order valence-corrected chi connectivity index (χ4v) is 1.28. The Labute approximate surface area is 99.6 Å². The molecule has 0 N–H and O–H groups in total. The fraction of sp³-hybridized carbons (Fsp3) is 0.571. The summed E-state index contributed by atoms with van der Waals surface area (Å²) in [4.78, 5) is 0. The minimum Gasteiger partial charge on any atom is -0.486 e. The molecule has 92 valence electrons. The van der Waals surface area contributed by atoms with Crippen molar-refractivity contribution in [2.75, 3.05) is 6.61 Å². The van der Waals surface area contributed by atoms with E-state index in [2.05, 4.69) is 0 Å². The highest BCUT2D eigenvalue weighted by Gasteiger charge is 2.16. The summed E-state index contributed by atoms with van der Waals surface area (Å²) in [5, 5.41) is 0. The van der Waals surface area contributed by atoms with Crippen LogP contribution in [-0.4, -0.2) is 12.7 Å². The molecule has 0 bridgehead atoms. The highest BCUT2D eigenvalue weighted by atomic mass is 16.6. The first-order valence-electron chi connectivity index (χ1n) is 6.16. The van der Waals surface area contributed by atoms with Gasteiger partial charge < -0.3 is 9.47 Å². The highest BCUT2D eigenvalue weighted by molar-refractivity contribution is 5.43. The molecule has 0 aliphatic carbocycles. The minimum absolute atomic E-state index is 0.167. The summed E-state index contributed by atoms with van der Waals surface area (Å²) in [7, 11) is 0. The minimum atomic E-state index is 0.167. The second-order valence-corrected chi connectivity index (χ2v) is 3.19. The van der Waals surface area contributed by atoms with Crippen LogP contribution in [0.4, 0.5) is 0 Å². The zero-order chi connectivity index (χ0) is 12.6. The smallest absolute Gasteiger partial charge is 0.161 e. The van der Waals surface area contributed by atoms with Crippen molar-refractivity contribution in [1.29, 1.82) is 0 Å². The van der Waals surface area contributed by atoms with E-state index < -0.39 is 0 Å². The standard InChI is InChI=1S/C10H12O2.2C2H6/c1-7-3-4-9-10(5-7)11-6-8(2)12-9;2*1-2/h3-5,8H,6H2,1-2H3;2*1-2H3. The number of hydrogen-bond acceptors (Lipinski definition) is 2. The van der Waals surface area contributed by atoms with Gasteiger partial charge in [-0.3, -0.25) is 0 Å². The molecular formula is C14H24O2. The SMILES string of the molecule is CC.CC.Cc1ccc2c(c1)OCC(C)O2. The van der Waals surface area contributed by atoms with Gasteiger partial charge in [-0.2, -0.15) is 0 Å². The molecule has 16 heavy (non-hydrogen) atoms. The Bertz CT molecular complexity index is 295. The Morgan fingerprint density at radius 3 is 2.31 bits per heavy atom. The summed E-state index contributed by atoms with van der Waals surface area (Å²) >= 11 is 0. The summed E-state index contributed by atoms with van der Waals surface area (Å²) in [5.74, 6) is 1.73. The molecule has 1 unspecified atom stereocenters. The Morgan fingerprint density at radius 2 is 1.69 bits per heavy atom. The first kappa shape index (κ1) is 14.8. The predicted molar refractivity (Wildman–Crippen MR) is 69.5 cm³/mol. The van der Waals surface area contributed by atoms with Crippen LogP contribution < -0.4 is 9.47 Å². The van der Waals surface area contributed by atoms with E-state index >= 15 is 0 Å².